The monoisotopic (exact) mass is 1230 g/mol. The predicted octanol–water partition coefficient (Wildman–Crippen LogP) is -1.89. The van der Waals surface area contributed by atoms with Gasteiger partial charge in [-0.05, 0) is 75.3 Å². The van der Waals surface area contributed by atoms with E-state index in [1.807, 2.05) is 30.3 Å². The molecule has 1 heterocycles. The summed E-state index contributed by atoms with van der Waals surface area (Å²) in [5.41, 5.74) is 4.46. The van der Waals surface area contributed by atoms with E-state index in [4.69, 9.17) is 10.5 Å². The minimum absolute atomic E-state index is 0.184. The number of nitrogens with one attached hydrogen (secondary N) is 11. The Morgan fingerprint density at radius 3 is 1.60 bits per heavy atom. The largest absolute Gasteiger partial charge is 0.458 e. The molecule has 0 radical (unpaired) electrons. The van der Waals surface area contributed by atoms with Gasteiger partial charge in [0, 0.05) is 12.8 Å². The highest BCUT2D eigenvalue weighted by Gasteiger charge is 2.62. The van der Waals surface area contributed by atoms with Crippen LogP contribution in [-0.4, -0.2) is 180 Å². The second-order valence-electron chi connectivity index (χ2n) is 22.9. The smallest absolute Gasteiger partial charge is 0.329 e. The lowest BCUT2D eigenvalue weighted by Gasteiger charge is -2.31. The number of halogens is 2. The van der Waals surface area contributed by atoms with Crippen LogP contribution in [0.1, 0.15) is 126 Å². The Balaban J connectivity index is 1.85. The minimum atomic E-state index is -2.83. The van der Waals surface area contributed by atoms with Gasteiger partial charge in [-0.15, -0.1) is 0 Å². The first kappa shape index (κ1) is 73.9. The summed E-state index contributed by atoms with van der Waals surface area (Å²) in [7, 11) is 1.59. The number of alkyl halides is 2. The maximum atomic E-state index is 14.4. The van der Waals surface area contributed by atoms with Crippen molar-refractivity contribution in [1.82, 2.24) is 58.5 Å². The number of amides is 11. The van der Waals surface area contributed by atoms with E-state index >= 15 is 0 Å². The number of rotatable bonds is 32. The van der Waals surface area contributed by atoms with Gasteiger partial charge in [0.1, 0.15) is 66.0 Å². The molecule has 11 amide bonds. The fraction of sp³-hybridized carbons (Fsp3) is 0.690. The normalized spacial score (nSPS) is 23.5. The van der Waals surface area contributed by atoms with Gasteiger partial charge in [0.15, 0.2) is 0 Å². The Hall–Kier alpha value is -7.40. The standard InChI is InChI=1S/C58H92F2N12O15/c1-12-28(5)42(68-49(78)37(62-11)23-34-19-17-16-18-20-34)52(81)65-38(26-73)50(79)64-36(21-22-41(61)75)48(77)67-44(30(7)14-3)54(83)69-43(29(6)13-2)53(82)66-39(27-74)51(80)70-46-33(10)87-56(85)45(31(8)15-4)71-57(86)58(25-35(58)24-40(59)60)72-47(76)32(9)63-55(46)84/h16-20,28-33,35-40,42-46,62,73-74H,12-15,21-27H2,1-11H3,(H2,61,75)(H,63,84)(H,64,79)(H,65,81)(H,66,82)(H,67,77)(H,68,78)(H,69,83)(H,70,80)(H,71,86)(H,72,76)/t28-,29-,30-,31-,32-,33-,35+,36+,37+,38-,39-,42-,43-,44+,45-,46+,58+/m0/s1. The molecule has 3 rings (SSSR count). The van der Waals surface area contributed by atoms with Crippen molar-refractivity contribution in [3.05, 3.63) is 35.9 Å². The molecule has 87 heavy (non-hydrogen) atoms. The van der Waals surface area contributed by atoms with Gasteiger partial charge in [-0.3, -0.25) is 52.7 Å². The molecule has 1 spiro atoms. The average Bonchev–Trinajstić information content (AvgIpc) is 1.65. The number of esters is 1. The molecule has 1 aliphatic heterocycles. The van der Waals surface area contributed by atoms with Crippen molar-refractivity contribution < 1.29 is 81.3 Å². The third-order valence-corrected chi connectivity index (χ3v) is 16.4. The van der Waals surface area contributed by atoms with E-state index in [9.17, 15) is 76.5 Å². The molecule has 17 atom stereocenters. The van der Waals surface area contributed by atoms with Crippen LogP contribution < -0.4 is 64.2 Å². The first-order chi connectivity index (χ1) is 41.0. The van der Waals surface area contributed by atoms with Gasteiger partial charge in [0.25, 0.3) is 0 Å². The summed E-state index contributed by atoms with van der Waals surface area (Å²) in [6.45, 7) is 13.7. The summed E-state index contributed by atoms with van der Waals surface area (Å²) in [4.78, 5) is 165. The number of hydrogen-bond acceptors (Lipinski definition) is 16. The number of carbonyl (C=O) groups excluding carboxylic acids is 12. The summed E-state index contributed by atoms with van der Waals surface area (Å²) >= 11 is 0. The molecule has 488 valence electrons. The summed E-state index contributed by atoms with van der Waals surface area (Å²) < 4.78 is 32.7. The molecule has 1 aliphatic carbocycles. The second-order valence-corrected chi connectivity index (χ2v) is 22.9. The number of cyclic esters (lactones) is 1. The van der Waals surface area contributed by atoms with Crippen molar-refractivity contribution in [2.75, 3.05) is 20.3 Å². The number of aliphatic hydroxyl groups excluding tert-OH is 2. The SMILES string of the molecule is CC[C@H](C)[C@H](NC(=O)[C@@H](Cc1ccccc1)NC)C(=O)N[C@@H](CO)C(=O)N[C@H](CCC(N)=O)C(=O)N[C@@H](C(=O)N[C@H](C(=O)N[C@@H](CO)C(=O)N[C@H]1C(=O)N[C@@H](C)C(=O)N[C@@]2(C[C@H]2CC(F)F)C(=O)N[C@@H]([C@@H](C)CC)C(=O)O[C@H]1C)[C@@H](C)CC)[C@@H](C)CC. The molecule has 27 nitrogen and oxygen atoms in total. The van der Waals surface area contributed by atoms with Gasteiger partial charge in [-0.25, -0.2) is 13.6 Å². The lowest BCUT2D eigenvalue weighted by molar-refractivity contribution is -0.157. The van der Waals surface area contributed by atoms with Crippen LogP contribution in [0, 0.1) is 29.6 Å². The first-order valence-corrected chi connectivity index (χ1v) is 29.7. The maximum absolute atomic E-state index is 14.4. The van der Waals surface area contributed by atoms with Gasteiger partial charge in [-0.2, -0.15) is 0 Å². The minimum Gasteiger partial charge on any atom is -0.458 e. The summed E-state index contributed by atoms with van der Waals surface area (Å²) in [5, 5.41) is 48.8. The lowest BCUT2D eigenvalue weighted by Crippen LogP contribution is -2.63. The van der Waals surface area contributed by atoms with Crippen LogP contribution in [0.15, 0.2) is 30.3 Å². The molecule has 2 fully saturated rings. The predicted molar refractivity (Wildman–Crippen MR) is 312 cm³/mol. The van der Waals surface area contributed by atoms with Crippen LogP contribution in [0.2, 0.25) is 0 Å². The topological polar surface area (TPSA) is 413 Å². The van der Waals surface area contributed by atoms with E-state index in [1.165, 1.54) is 13.8 Å². The Bertz CT molecular complexity index is 2570. The number of aliphatic hydroxyl groups is 2. The first-order valence-electron chi connectivity index (χ1n) is 29.7. The van der Waals surface area contributed by atoms with Gasteiger partial charge in [0.05, 0.1) is 19.3 Å². The average molecular weight is 1240 g/mol. The molecule has 0 unspecified atom stereocenters. The number of nitrogens with two attached hydrogens (primary N) is 1. The molecule has 1 saturated carbocycles. The third kappa shape index (κ3) is 21.2. The van der Waals surface area contributed by atoms with E-state index in [0.717, 1.165) is 5.56 Å². The van der Waals surface area contributed by atoms with E-state index < -0.39 is 212 Å². The fourth-order valence-electron chi connectivity index (χ4n) is 9.70. The Morgan fingerprint density at radius 1 is 0.655 bits per heavy atom. The molecule has 29 heteroatoms. The van der Waals surface area contributed by atoms with Crippen molar-refractivity contribution >= 4 is 70.9 Å². The van der Waals surface area contributed by atoms with Crippen molar-refractivity contribution in [2.24, 2.45) is 35.3 Å². The van der Waals surface area contributed by atoms with Crippen molar-refractivity contribution in [1.29, 1.82) is 0 Å². The summed E-state index contributed by atoms with van der Waals surface area (Å²) in [5.74, 6) is -15.0. The van der Waals surface area contributed by atoms with Gasteiger partial charge in [-0.1, -0.05) is 111 Å². The number of carbonyl (C=O) groups is 12. The number of ether oxygens (including phenoxy) is 1. The Kier molecular flexibility index (Phi) is 29.6. The van der Waals surface area contributed by atoms with E-state index in [1.54, 1.807) is 62.4 Å². The van der Waals surface area contributed by atoms with E-state index in [0.29, 0.717) is 12.8 Å². The van der Waals surface area contributed by atoms with Gasteiger partial charge in [0.2, 0.25) is 71.4 Å². The molecule has 2 aliphatic rings. The van der Waals surface area contributed by atoms with Crippen molar-refractivity contribution in [3.63, 3.8) is 0 Å². The Morgan fingerprint density at radius 2 is 1.13 bits per heavy atom. The molecular formula is C58H92F2N12O15. The van der Waals surface area contributed by atoms with Crippen LogP contribution in [-0.2, 0) is 68.7 Å². The summed E-state index contributed by atoms with van der Waals surface area (Å²) in [6, 6.07) is -5.60. The molecule has 0 bridgehead atoms. The molecule has 1 saturated heterocycles. The highest BCUT2D eigenvalue weighted by Crippen LogP contribution is 2.47. The van der Waals surface area contributed by atoms with Crippen LogP contribution in [0.25, 0.3) is 0 Å². The fourth-order valence-corrected chi connectivity index (χ4v) is 9.70. The van der Waals surface area contributed by atoms with Crippen LogP contribution in [0.3, 0.4) is 0 Å². The van der Waals surface area contributed by atoms with Crippen LogP contribution >= 0.6 is 0 Å². The van der Waals surface area contributed by atoms with Crippen LogP contribution in [0.4, 0.5) is 8.78 Å². The van der Waals surface area contributed by atoms with Crippen LogP contribution in [0.5, 0.6) is 0 Å². The Labute approximate surface area is 506 Å². The number of benzene rings is 1. The van der Waals surface area contributed by atoms with Crippen molar-refractivity contribution in [3.8, 4) is 0 Å². The second kappa shape index (κ2) is 34.8. The van der Waals surface area contributed by atoms with E-state index in [-0.39, 0.29) is 25.7 Å². The molecule has 15 N–H and O–H groups in total. The molecule has 1 aromatic carbocycles. The number of likely N-dealkylation sites (N-methyl/N-ethyl adjacent to an activating group) is 1. The molecular weight excluding hydrogens is 1140 g/mol. The zero-order valence-electron chi connectivity index (χ0n) is 51.5. The van der Waals surface area contributed by atoms with Gasteiger partial charge < -0.3 is 79.2 Å². The summed E-state index contributed by atoms with van der Waals surface area (Å²) in [6.07, 6.45) is -4.72. The third-order valence-electron chi connectivity index (χ3n) is 16.4. The highest BCUT2D eigenvalue weighted by atomic mass is 19.3. The molecule has 1 aromatic rings. The number of hydrogen-bond donors (Lipinski definition) is 14. The molecule has 0 aromatic heterocycles. The highest BCUT2D eigenvalue weighted by molar-refractivity contribution is 6.01. The van der Waals surface area contributed by atoms with Crippen molar-refractivity contribution in [2.45, 2.75) is 206 Å². The zero-order chi connectivity index (χ0) is 65.6. The lowest BCUT2D eigenvalue weighted by atomic mass is 9.94. The maximum Gasteiger partial charge on any atom is 0.329 e. The number of primary amides is 1. The quantitative estimate of drug-likeness (QED) is 0.0351. The van der Waals surface area contributed by atoms with Gasteiger partial charge >= 0.3 is 5.97 Å². The zero-order valence-corrected chi connectivity index (χ0v) is 51.5. The van der Waals surface area contributed by atoms with E-state index in [2.05, 4.69) is 58.5 Å².